The van der Waals surface area contributed by atoms with E-state index in [4.69, 9.17) is 14.2 Å². The van der Waals surface area contributed by atoms with E-state index in [-0.39, 0.29) is 0 Å². The highest BCUT2D eigenvalue weighted by Crippen LogP contribution is 2.31. The molecule has 0 amide bonds. The van der Waals surface area contributed by atoms with E-state index in [9.17, 15) is 0 Å². The first kappa shape index (κ1) is 12.0. The standard InChI is InChI=1S/C14H18O3/c1-4-10(2)17-13-6-5-11(7-12-9-16-12)8-14(13)15-3/h5-6,8,12H,2,4,7,9H2,1,3H3. The zero-order valence-corrected chi connectivity index (χ0v) is 10.4. The first-order valence-electron chi connectivity index (χ1n) is 5.87. The predicted octanol–water partition coefficient (Wildman–Crippen LogP) is 2.94. The molecule has 92 valence electrons. The Balaban J connectivity index is 2.12. The van der Waals surface area contributed by atoms with Gasteiger partial charge in [0.1, 0.15) is 0 Å². The molecule has 0 aromatic heterocycles. The molecule has 3 heteroatoms. The molecule has 1 unspecified atom stereocenters. The van der Waals surface area contributed by atoms with Gasteiger partial charge in [-0.15, -0.1) is 0 Å². The molecular formula is C14H18O3. The van der Waals surface area contributed by atoms with Gasteiger partial charge in [0.05, 0.1) is 25.6 Å². The van der Waals surface area contributed by atoms with Crippen molar-refractivity contribution < 1.29 is 14.2 Å². The Bertz CT molecular complexity index is 408. The van der Waals surface area contributed by atoms with E-state index in [0.29, 0.717) is 6.10 Å². The Morgan fingerprint density at radius 3 is 2.82 bits per heavy atom. The highest BCUT2D eigenvalue weighted by molar-refractivity contribution is 5.44. The van der Waals surface area contributed by atoms with Crippen LogP contribution in [0.2, 0.25) is 0 Å². The molecule has 1 aromatic rings. The minimum Gasteiger partial charge on any atom is -0.493 e. The van der Waals surface area contributed by atoms with Crippen LogP contribution in [0.15, 0.2) is 30.5 Å². The van der Waals surface area contributed by atoms with E-state index in [2.05, 4.69) is 6.58 Å². The van der Waals surface area contributed by atoms with Crippen LogP contribution in [0.5, 0.6) is 11.5 Å². The normalized spacial score (nSPS) is 17.6. The third-order valence-electron chi connectivity index (χ3n) is 2.74. The van der Waals surface area contributed by atoms with Gasteiger partial charge in [-0.1, -0.05) is 19.6 Å². The van der Waals surface area contributed by atoms with Crippen molar-refractivity contribution >= 4 is 0 Å². The Kier molecular flexibility index (Phi) is 3.69. The van der Waals surface area contributed by atoms with E-state index in [1.165, 1.54) is 5.56 Å². The molecule has 3 nitrogen and oxygen atoms in total. The van der Waals surface area contributed by atoms with Gasteiger partial charge in [0.25, 0.3) is 0 Å². The van der Waals surface area contributed by atoms with Crippen molar-refractivity contribution in [1.29, 1.82) is 0 Å². The number of hydrogen-bond donors (Lipinski definition) is 0. The van der Waals surface area contributed by atoms with Crippen molar-refractivity contribution in [2.24, 2.45) is 0 Å². The summed E-state index contributed by atoms with van der Waals surface area (Å²) >= 11 is 0. The molecule has 1 aliphatic heterocycles. The number of allylic oxidation sites excluding steroid dienone is 1. The molecule has 0 spiro atoms. The predicted molar refractivity (Wildman–Crippen MR) is 66.5 cm³/mol. The summed E-state index contributed by atoms with van der Waals surface area (Å²) in [6.07, 6.45) is 2.11. The molecule has 0 N–H and O–H groups in total. The first-order valence-corrected chi connectivity index (χ1v) is 5.87. The molecule has 0 aliphatic carbocycles. The van der Waals surface area contributed by atoms with Crippen LogP contribution >= 0.6 is 0 Å². The second kappa shape index (κ2) is 5.23. The van der Waals surface area contributed by atoms with Gasteiger partial charge in [-0.25, -0.2) is 0 Å². The molecular weight excluding hydrogens is 216 g/mol. The highest BCUT2D eigenvalue weighted by atomic mass is 16.6. The van der Waals surface area contributed by atoms with Crippen LogP contribution in [0.3, 0.4) is 0 Å². The lowest BCUT2D eigenvalue weighted by Gasteiger charge is -2.12. The summed E-state index contributed by atoms with van der Waals surface area (Å²) in [4.78, 5) is 0. The van der Waals surface area contributed by atoms with Crippen LogP contribution in [0, 0.1) is 0 Å². The summed E-state index contributed by atoms with van der Waals surface area (Å²) in [6.45, 7) is 6.70. The fourth-order valence-corrected chi connectivity index (χ4v) is 1.60. The third-order valence-corrected chi connectivity index (χ3v) is 2.74. The van der Waals surface area contributed by atoms with E-state index >= 15 is 0 Å². The highest BCUT2D eigenvalue weighted by Gasteiger charge is 2.23. The van der Waals surface area contributed by atoms with Crippen LogP contribution in [0.25, 0.3) is 0 Å². The van der Waals surface area contributed by atoms with Crippen LogP contribution < -0.4 is 9.47 Å². The maximum Gasteiger partial charge on any atom is 0.168 e. The number of epoxide rings is 1. The van der Waals surface area contributed by atoms with Crippen LogP contribution in [0.4, 0.5) is 0 Å². The topological polar surface area (TPSA) is 31.0 Å². The molecule has 1 heterocycles. The number of rotatable bonds is 6. The number of ether oxygens (including phenoxy) is 3. The van der Waals surface area contributed by atoms with Gasteiger partial charge in [-0.2, -0.15) is 0 Å². The van der Waals surface area contributed by atoms with Gasteiger partial charge < -0.3 is 14.2 Å². The molecule has 0 bridgehead atoms. The Morgan fingerprint density at radius 2 is 2.24 bits per heavy atom. The number of benzene rings is 1. The number of hydrogen-bond acceptors (Lipinski definition) is 3. The SMILES string of the molecule is C=C(CC)Oc1ccc(CC2CO2)cc1OC. The quantitative estimate of drug-likeness (QED) is 0.560. The maximum atomic E-state index is 5.61. The summed E-state index contributed by atoms with van der Waals surface area (Å²) < 4.78 is 16.1. The number of methoxy groups -OCH3 is 1. The van der Waals surface area contributed by atoms with E-state index in [0.717, 1.165) is 36.7 Å². The Hall–Kier alpha value is -1.48. The average Bonchev–Trinajstić information content (AvgIpc) is 3.14. The monoisotopic (exact) mass is 234 g/mol. The fourth-order valence-electron chi connectivity index (χ4n) is 1.60. The van der Waals surface area contributed by atoms with Crippen molar-refractivity contribution in [2.45, 2.75) is 25.9 Å². The first-order chi connectivity index (χ1) is 8.22. The lowest BCUT2D eigenvalue weighted by Crippen LogP contribution is -1.98. The molecule has 1 atom stereocenters. The third kappa shape index (κ3) is 3.24. The van der Waals surface area contributed by atoms with Gasteiger partial charge in [-0.3, -0.25) is 0 Å². The minimum absolute atomic E-state index is 0.386. The van der Waals surface area contributed by atoms with E-state index < -0.39 is 0 Å². The van der Waals surface area contributed by atoms with Crippen molar-refractivity contribution in [3.63, 3.8) is 0 Å². The molecule has 0 saturated carbocycles. The molecule has 1 aromatic carbocycles. The summed E-state index contributed by atoms with van der Waals surface area (Å²) in [5.41, 5.74) is 1.21. The molecule has 2 rings (SSSR count). The van der Waals surface area contributed by atoms with Gasteiger partial charge in [0.2, 0.25) is 0 Å². The van der Waals surface area contributed by atoms with Gasteiger partial charge in [0, 0.05) is 12.8 Å². The summed E-state index contributed by atoms with van der Waals surface area (Å²) in [5, 5.41) is 0. The Labute approximate surface area is 102 Å². The molecule has 1 fully saturated rings. The van der Waals surface area contributed by atoms with E-state index in [1.54, 1.807) is 7.11 Å². The molecule has 17 heavy (non-hydrogen) atoms. The molecule has 0 radical (unpaired) electrons. The van der Waals surface area contributed by atoms with Gasteiger partial charge in [0.15, 0.2) is 11.5 Å². The van der Waals surface area contributed by atoms with E-state index in [1.807, 2.05) is 25.1 Å². The Morgan fingerprint density at radius 1 is 1.47 bits per heavy atom. The zero-order valence-electron chi connectivity index (χ0n) is 10.4. The fraction of sp³-hybridized carbons (Fsp3) is 0.429. The van der Waals surface area contributed by atoms with Crippen LogP contribution in [-0.4, -0.2) is 19.8 Å². The zero-order chi connectivity index (χ0) is 12.3. The largest absolute Gasteiger partial charge is 0.493 e. The van der Waals surface area contributed by atoms with Crippen molar-refractivity contribution in [3.8, 4) is 11.5 Å². The van der Waals surface area contributed by atoms with Crippen LogP contribution in [0.1, 0.15) is 18.9 Å². The smallest absolute Gasteiger partial charge is 0.168 e. The second-order valence-corrected chi connectivity index (χ2v) is 4.14. The van der Waals surface area contributed by atoms with Gasteiger partial charge in [-0.05, 0) is 17.7 Å². The van der Waals surface area contributed by atoms with Crippen molar-refractivity contribution in [1.82, 2.24) is 0 Å². The second-order valence-electron chi connectivity index (χ2n) is 4.14. The van der Waals surface area contributed by atoms with Gasteiger partial charge >= 0.3 is 0 Å². The molecule has 1 saturated heterocycles. The van der Waals surface area contributed by atoms with Crippen LogP contribution in [-0.2, 0) is 11.2 Å². The van der Waals surface area contributed by atoms with Crippen molar-refractivity contribution in [3.05, 3.63) is 36.1 Å². The summed E-state index contributed by atoms with van der Waals surface area (Å²) in [7, 11) is 1.65. The maximum absolute atomic E-state index is 5.61. The summed E-state index contributed by atoms with van der Waals surface area (Å²) in [6, 6.07) is 5.97. The lowest BCUT2D eigenvalue weighted by atomic mass is 10.1. The molecule has 1 aliphatic rings. The van der Waals surface area contributed by atoms with Crippen molar-refractivity contribution in [2.75, 3.05) is 13.7 Å². The average molecular weight is 234 g/mol. The lowest BCUT2D eigenvalue weighted by molar-refractivity contribution is 0.354. The minimum atomic E-state index is 0.386. The summed E-state index contributed by atoms with van der Waals surface area (Å²) in [5.74, 6) is 2.21.